The normalized spacial score (nSPS) is 20.2. The van der Waals surface area contributed by atoms with Crippen LogP contribution in [0.25, 0.3) is 5.65 Å². The van der Waals surface area contributed by atoms with Crippen LogP contribution >= 0.6 is 0 Å². The molecule has 3 aromatic heterocycles. The van der Waals surface area contributed by atoms with E-state index in [4.69, 9.17) is 14.5 Å². The third-order valence-corrected chi connectivity index (χ3v) is 5.87. The van der Waals surface area contributed by atoms with Crippen LogP contribution in [0.1, 0.15) is 60.0 Å². The first-order valence-electron chi connectivity index (χ1n) is 10.2. The van der Waals surface area contributed by atoms with Crippen molar-refractivity contribution in [2.45, 2.75) is 45.1 Å². The molecule has 28 heavy (non-hydrogen) atoms. The Morgan fingerprint density at radius 2 is 2.00 bits per heavy atom. The quantitative estimate of drug-likeness (QED) is 0.696. The van der Waals surface area contributed by atoms with Crippen molar-refractivity contribution in [1.82, 2.24) is 19.5 Å². The number of rotatable bonds is 3. The van der Waals surface area contributed by atoms with Crippen molar-refractivity contribution >= 4 is 17.4 Å². The van der Waals surface area contributed by atoms with Gasteiger partial charge in [0, 0.05) is 37.5 Å². The molecule has 146 valence electrons. The van der Waals surface area contributed by atoms with E-state index in [2.05, 4.69) is 18.0 Å². The van der Waals surface area contributed by atoms with Crippen LogP contribution in [0.5, 0.6) is 0 Å². The molecule has 1 unspecified atom stereocenters. The number of furan rings is 1. The molecule has 7 heteroatoms. The molecule has 3 aromatic rings. The Labute approximate surface area is 163 Å². The van der Waals surface area contributed by atoms with Crippen LogP contribution in [0, 0.1) is 6.92 Å². The zero-order valence-corrected chi connectivity index (χ0v) is 16.2. The maximum atomic E-state index is 12.9. The fourth-order valence-electron chi connectivity index (χ4n) is 4.46. The van der Waals surface area contributed by atoms with E-state index in [1.54, 1.807) is 18.4 Å². The summed E-state index contributed by atoms with van der Waals surface area (Å²) in [7, 11) is 0. The Kier molecular flexibility index (Phi) is 4.30. The number of carbonyl (C=O) groups excluding carboxylic acids is 1. The molecule has 1 atom stereocenters. The van der Waals surface area contributed by atoms with Gasteiger partial charge in [-0.2, -0.15) is 5.10 Å². The van der Waals surface area contributed by atoms with Crippen molar-refractivity contribution in [2.75, 3.05) is 24.5 Å². The molecular weight excluding hydrogens is 354 g/mol. The van der Waals surface area contributed by atoms with Crippen LogP contribution in [0.2, 0.25) is 0 Å². The number of anilines is 1. The molecule has 0 saturated carbocycles. The molecule has 0 spiro atoms. The summed E-state index contributed by atoms with van der Waals surface area (Å²) >= 11 is 0. The van der Waals surface area contributed by atoms with Gasteiger partial charge in [0.15, 0.2) is 11.4 Å². The van der Waals surface area contributed by atoms with Crippen molar-refractivity contribution in [3.05, 3.63) is 47.7 Å². The molecular formula is C21H25N5O2. The number of aryl methyl sites for hydroxylation is 1. The zero-order valence-electron chi connectivity index (χ0n) is 16.2. The highest BCUT2D eigenvalue weighted by molar-refractivity contribution is 5.91. The largest absolute Gasteiger partial charge is 0.459 e. The van der Waals surface area contributed by atoms with Crippen molar-refractivity contribution in [3.8, 4) is 0 Å². The maximum Gasteiger partial charge on any atom is 0.290 e. The van der Waals surface area contributed by atoms with Crippen LogP contribution in [-0.2, 0) is 0 Å². The fraction of sp³-hybridized carbons (Fsp3) is 0.476. The highest BCUT2D eigenvalue weighted by Crippen LogP contribution is 2.32. The smallest absolute Gasteiger partial charge is 0.290 e. The molecule has 0 aromatic carbocycles. The number of piperidine rings is 1. The Morgan fingerprint density at radius 3 is 2.79 bits per heavy atom. The molecule has 2 fully saturated rings. The second-order valence-electron chi connectivity index (χ2n) is 7.80. The van der Waals surface area contributed by atoms with Gasteiger partial charge in [-0.3, -0.25) is 4.79 Å². The lowest BCUT2D eigenvalue weighted by Gasteiger charge is -2.34. The van der Waals surface area contributed by atoms with Gasteiger partial charge >= 0.3 is 0 Å². The summed E-state index contributed by atoms with van der Waals surface area (Å²) < 4.78 is 7.20. The standard InChI is InChI=1S/C21H25N5O2/c1-15-14-26-19(22-20(15)24-9-4-5-10-24)13-16(23-26)17-7-2-3-11-25(17)21(27)18-8-6-12-28-18/h6,8,12-14,17H,2-5,7,9-11H2,1H3. The summed E-state index contributed by atoms with van der Waals surface area (Å²) in [6.07, 6.45) is 9.06. The first-order chi connectivity index (χ1) is 13.7. The molecule has 5 rings (SSSR count). The van der Waals surface area contributed by atoms with E-state index in [1.807, 2.05) is 15.5 Å². The number of amides is 1. The van der Waals surface area contributed by atoms with Crippen molar-refractivity contribution in [1.29, 1.82) is 0 Å². The van der Waals surface area contributed by atoms with Crippen molar-refractivity contribution in [3.63, 3.8) is 0 Å². The van der Waals surface area contributed by atoms with Crippen LogP contribution in [0.15, 0.2) is 35.1 Å². The van der Waals surface area contributed by atoms with Crippen LogP contribution in [0.4, 0.5) is 5.82 Å². The molecule has 5 heterocycles. The minimum absolute atomic E-state index is 0.0383. The zero-order chi connectivity index (χ0) is 19.1. The summed E-state index contributed by atoms with van der Waals surface area (Å²) in [6, 6.07) is 5.48. The summed E-state index contributed by atoms with van der Waals surface area (Å²) in [5.74, 6) is 1.39. The lowest BCUT2D eigenvalue weighted by atomic mass is 9.99. The molecule has 0 bridgehead atoms. The van der Waals surface area contributed by atoms with Crippen LogP contribution in [-0.4, -0.2) is 45.0 Å². The third kappa shape index (κ3) is 2.95. The second kappa shape index (κ2) is 6.96. The van der Waals surface area contributed by atoms with Crippen molar-refractivity contribution in [2.24, 2.45) is 0 Å². The molecule has 0 aliphatic carbocycles. The van der Waals surface area contributed by atoms with Crippen LogP contribution < -0.4 is 4.90 Å². The molecule has 7 nitrogen and oxygen atoms in total. The van der Waals surface area contributed by atoms with Crippen LogP contribution in [0.3, 0.4) is 0 Å². The van der Waals surface area contributed by atoms with Gasteiger partial charge in [-0.05, 0) is 51.2 Å². The molecule has 1 amide bonds. The number of hydrogen-bond acceptors (Lipinski definition) is 5. The molecule has 0 radical (unpaired) electrons. The van der Waals surface area contributed by atoms with Crippen molar-refractivity contribution < 1.29 is 9.21 Å². The van der Waals surface area contributed by atoms with E-state index < -0.39 is 0 Å². The Balaban J connectivity index is 1.49. The third-order valence-electron chi connectivity index (χ3n) is 5.87. The first-order valence-corrected chi connectivity index (χ1v) is 10.2. The van der Waals surface area contributed by atoms with E-state index in [9.17, 15) is 4.79 Å². The molecule has 2 aliphatic heterocycles. The molecule has 2 saturated heterocycles. The second-order valence-corrected chi connectivity index (χ2v) is 7.80. The predicted octanol–water partition coefficient (Wildman–Crippen LogP) is 3.60. The number of carbonyl (C=O) groups is 1. The number of hydrogen-bond donors (Lipinski definition) is 0. The SMILES string of the molecule is Cc1cn2nc(C3CCCCN3C(=O)c3ccco3)cc2nc1N1CCCC1. The monoisotopic (exact) mass is 379 g/mol. The number of likely N-dealkylation sites (tertiary alicyclic amines) is 1. The Hall–Kier alpha value is -2.83. The number of nitrogens with zero attached hydrogens (tertiary/aromatic N) is 5. The van der Waals surface area contributed by atoms with E-state index in [-0.39, 0.29) is 11.9 Å². The highest BCUT2D eigenvalue weighted by atomic mass is 16.3. The maximum absolute atomic E-state index is 12.9. The number of fused-ring (bicyclic) bond motifs is 1. The van der Waals surface area contributed by atoms with E-state index in [0.717, 1.165) is 61.6 Å². The predicted molar refractivity (Wildman–Crippen MR) is 106 cm³/mol. The average Bonchev–Trinajstić information content (AvgIpc) is 3.47. The van der Waals surface area contributed by atoms with Gasteiger partial charge in [-0.1, -0.05) is 0 Å². The number of aromatic nitrogens is 3. The first kappa shape index (κ1) is 17.3. The fourth-order valence-corrected chi connectivity index (χ4v) is 4.46. The van der Waals surface area contributed by atoms with Gasteiger partial charge in [-0.15, -0.1) is 0 Å². The van der Waals surface area contributed by atoms with Gasteiger partial charge in [0.05, 0.1) is 18.0 Å². The van der Waals surface area contributed by atoms with E-state index in [1.165, 1.54) is 12.8 Å². The minimum Gasteiger partial charge on any atom is -0.459 e. The van der Waals surface area contributed by atoms with E-state index in [0.29, 0.717) is 5.76 Å². The summed E-state index contributed by atoms with van der Waals surface area (Å²) in [5.41, 5.74) is 2.89. The lowest BCUT2D eigenvalue weighted by Crippen LogP contribution is -2.38. The molecule has 2 aliphatic rings. The topological polar surface area (TPSA) is 66.9 Å². The summed E-state index contributed by atoms with van der Waals surface area (Å²) in [6.45, 7) is 4.95. The minimum atomic E-state index is -0.0614. The lowest BCUT2D eigenvalue weighted by molar-refractivity contribution is 0.0573. The molecule has 0 N–H and O–H groups in total. The average molecular weight is 379 g/mol. The van der Waals surface area contributed by atoms with Gasteiger partial charge in [0.25, 0.3) is 5.91 Å². The van der Waals surface area contributed by atoms with Gasteiger partial charge in [0.2, 0.25) is 0 Å². The highest BCUT2D eigenvalue weighted by Gasteiger charge is 2.32. The van der Waals surface area contributed by atoms with Gasteiger partial charge in [-0.25, -0.2) is 9.50 Å². The van der Waals surface area contributed by atoms with E-state index >= 15 is 0 Å². The summed E-state index contributed by atoms with van der Waals surface area (Å²) in [5, 5.41) is 4.79. The van der Waals surface area contributed by atoms with Gasteiger partial charge in [0.1, 0.15) is 5.82 Å². The Bertz CT molecular complexity index is 988. The summed E-state index contributed by atoms with van der Waals surface area (Å²) in [4.78, 5) is 22.1. The van der Waals surface area contributed by atoms with Gasteiger partial charge < -0.3 is 14.2 Å². The Morgan fingerprint density at radius 1 is 1.18 bits per heavy atom.